The molecular formula is C60H73Cl2N19. The lowest BCUT2D eigenvalue weighted by atomic mass is 9.92. The van der Waals surface area contributed by atoms with Gasteiger partial charge in [0.2, 0.25) is 0 Å². The SMILES string of the molecule is CC(C)(C)c1cc(C#N)n(-c2ccccn2)n1.CC(C)(C)c1cc(CN)n(-c2ccccn2)n1.CC(C)(C)c1cc(Cl)n(-c2ccccn2)n1.CC(C)(C)c1cc(N)n(-c2ccccn2)n1.Clc1ccccn1.NNc1ccccn1. The van der Waals surface area contributed by atoms with Gasteiger partial charge >= 0.3 is 0 Å². The number of halogens is 2. The molecule has 10 rings (SSSR count). The van der Waals surface area contributed by atoms with Crippen molar-refractivity contribution in [2.45, 2.75) is 111 Å². The number of hydrogen-bond acceptors (Lipinski definition) is 15. The van der Waals surface area contributed by atoms with Gasteiger partial charge in [0.25, 0.3) is 0 Å². The molecule has 0 atom stereocenters. The molecule has 10 heterocycles. The van der Waals surface area contributed by atoms with Crippen LogP contribution in [0.1, 0.15) is 117 Å². The first-order valence-corrected chi connectivity index (χ1v) is 26.6. The summed E-state index contributed by atoms with van der Waals surface area (Å²) in [5.41, 5.74) is 19.4. The zero-order chi connectivity index (χ0) is 59.4. The zero-order valence-corrected chi connectivity index (χ0v) is 49.6. The topological polar surface area (TPSA) is 262 Å². The van der Waals surface area contributed by atoms with Crippen molar-refractivity contribution in [2.24, 2.45) is 11.6 Å². The minimum atomic E-state index is -0.0777. The molecule has 7 N–H and O–H groups in total. The molecule has 0 bridgehead atoms. The van der Waals surface area contributed by atoms with Crippen LogP contribution in [0.3, 0.4) is 0 Å². The van der Waals surface area contributed by atoms with Crippen molar-refractivity contribution >= 4 is 34.8 Å². The molecule has 21 heteroatoms. The maximum absolute atomic E-state index is 9.12. The fourth-order valence-electron chi connectivity index (χ4n) is 6.67. The number of hydrazine groups is 1. The summed E-state index contributed by atoms with van der Waals surface area (Å²) in [6, 6.07) is 43.3. The van der Waals surface area contributed by atoms with Gasteiger partial charge in [-0.2, -0.15) is 30.3 Å². The van der Waals surface area contributed by atoms with Crippen LogP contribution in [-0.4, -0.2) is 69.0 Å². The number of nitrogens with zero attached hydrogens (tertiary/aromatic N) is 15. The Morgan fingerprint density at radius 1 is 0.457 bits per heavy atom. The van der Waals surface area contributed by atoms with Gasteiger partial charge in [0, 0.05) is 71.5 Å². The predicted molar refractivity (Wildman–Crippen MR) is 324 cm³/mol. The van der Waals surface area contributed by atoms with E-state index >= 15 is 0 Å². The van der Waals surface area contributed by atoms with E-state index in [4.69, 9.17) is 45.8 Å². The van der Waals surface area contributed by atoms with Gasteiger partial charge in [0.05, 0.1) is 28.5 Å². The Morgan fingerprint density at radius 3 is 1.17 bits per heavy atom. The average molecular weight is 1130 g/mol. The molecule has 0 aliphatic rings. The first-order chi connectivity index (χ1) is 38.3. The van der Waals surface area contributed by atoms with Crippen LogP contribution in [0.2, 0.25) is 10.3 Å². The normalized spacial score (nSPS) is 11.0. The second-order valence-electron chi connectivity index (χ2n) is 22.0. The Kier molecular flexibility index (Phi) is 22.6. The Labute approximate surface area is 485 Å². The first kappa shape index (κ1) is 63.2. The van der Waals surface area contributed by atoms with Crippen molar-refractivity contribution < 1.29 is 0 Å². The summed E-state index contributed by atoms with van der Waals surface area (Å²) in [5, 5.41) is 28.3. The van der Waals surface area contributed by atoms with Crippen molar-refractivity contribution in [1.29, 1.82) is 5.26 Å². The number of nitriles is 1. The van der Waals surface area contributed by atoms with Crippen molar-refractivity contribution in [2.75, 3.05) is 11.2 Å². The van der Waals surface area contributed by atoms with E-state index in [2.05, 4.69) is 151 Å². The highest BCUT2D eigenvalue weighted by molar-refractivity contribution is 6.30. The Hall–Kier alpha value is -8.67. The van der Waals surface area contributed by atoms with Crippen LogP contribution in [0.5, 0.6) is 0 Å². The van der Waals surface area contributed by atoms with Gasteiger partial charge < -0.3 is 16.9 Å². The molecule has 0 unspecified atom stereocenters. The van der Waals surface area contributed by atoms with Crippen LogP contribution in [0.25, 0.3) is 23.3 Å². The zero-order valence-electron chi connectivity index (χ0n) is 48.1. The monoisotopic (exact) mass is 1130 g/mol. The highest BCUT2D eigenvalue weighted by atomic mass is 35.5. The molecule has 0 aromatic carbocycles. The first-order valence-electron chi connectivity index (χ1n) is 25.9. The Morgan fingerprint density at radius 2 is 0.827 bits per heavy atom. The molecule has 0 radical (unpaired) electrons. The van der Waals surface area contributed by atoms with Gasteiger partial charge in [-0.3, -0.25) is 0 Å². The van der Waals surface area contributed by atoms with E-state index in [1.807, 2.05) is 120 Å². The smallest absolute Gasteiger partial charge is 0.155 e. The Balaban J connectivity index is 0.000000183. The van der Waals surface area contributed by atoms with Crippen LogP contribution in [0.4, 0.5) is 11.6 Å². The van der Waals surface area contributed by atoms with Crippen molar-refractivity contribution in [3.05, 3.63) is 215 Å². The van der Waals surface area contributed by atoms with E-state index < -0.39 is 0 Å². The summed E-state index contributed by atoms with van der Waals surface area (Å²) < 4.78 is 6.73. The number of rotatable bonds is 6. The number of hydrogen-bond donors (Lipinski definition) is 4. The van der Waals surface area contributed by atoms with E-state index in [1.165, 1.54) is 0 Å². The minimum Gasteiger partial charge on any atom is -0.384 e. The van der Waals surface area contributed by atoms with Crippen LogP contribution in [0, 0.1) is 11.3 Å². The number of nitrogens with two attached hydrogens (primary N) is 3. The lowest BCUT2D eigenvalue weighted by molar-refractivity contribution is 0.558. The molecule has 81 heavy (non-hydrogen) atoms. The standard InChI is InChI=1S/C13H18N4.C13H14N4.C12H14ClN3.C12H16N4.C5H4ClN.C5H7N3/c2*1-13(2,3)11-8-10(9-14)17(16-11)12-6-4-5-7-15-12;2*1-12(2,3)9-8-10(13)16(15-9)11-6-4-5-7-14-11;6-5-3-1-2-4-7-5;6-8-5-3-1-2-4-7-5/h4-8H,9,14H2,1-3H3;4-8H,1-3H3;4-8H,1-3H3;4-8H,13H2,1-3H3;1-4H;1-4H,6H2,(H,7,8). The second-order valence-corrected chi connectivity index (χ2v) is 22.7. The van der Waals surface area contributed by atoms with Gasteiger partial charge in [-0.1, -0.05) is 143 Å². The molecule has 0 spiro atoms. The van der Waals surface area contributed by atoms with Gasteiger partial charge in [-0.05, 0) is 91.0 Å². The van der Waals surface area contributed by atoms with Crippen LogP contribution < -0.4 is 22.7 Å². The molecule has 0 saturated carbocycles. The lowest BCUT2D eigenvalue weighted by Gasteiger charge is -2.14. The summed E-state index contributed by atoms with van der Waals surface area (Å²) in [6.45, 7) is 25.7. The largest absolute Gasteiger partial charge is 0.384 e. The quantitative estimate of drug-likeness (QED) is 0.0685. The van der Waals surface area contributed by atoms with E-state index in [0.717, 1.165) is 45.9 Å². The number of nitrogen functional groups attached to an aromatic ring is 2. The number of aromatic nitrogens is 14. The lowest BCUT2D eigenvalue weighted by Crippen LogP contribution is -2.13. The van der Waals surface area contributed by atoms with Gasteiger partial charge in [0.1, 0.15) is 33.7 Å². The molecule has 0 fully saturated rings. The minimum absolute atomic E-state index is 0.00580. The van der Waals surface area contributed by atoms with Crippen molar-refractivity contribution in [3.63, 3.8) is 0 Å². The van der Waals surface area contributed by atoms with Crippen LogP contribution in [-0.2, 0) is 28.2 Å². The average Bonchev–Trinajstić information content (AvgIpc) is 4.48. The van der Waals surface area contributed by atoms with E-state index in [1.54, 1.807) is 63.4 Å². The fraction of sp³-hybridized carbons (Fsp3) is 0.283. The molecule has 0 aliphatic carbocycles. The molecule has 10 aromatic heterocycles. The summed E-state index contributed by atoms with van der Waals surface area (Å²) >= 11 is 11.6. The third-order valence-corrected chi connectivity index (χ3v) is 11.7. The summed E-state index contributed by atoms with van der Waals surface area (Å²) in [5.74, 6) is 9.30. The van der Waals surface area contributed by atoms with Crippen LogP contribution >= 0.6 is 23.2 Å². The molecule has 0 amide bonds. The molecule has 10 aromatic rings. The van der Waals surface area contributed by atoms with Crippen molar-refractivity contribution in [1.82, 2.24) is 69.0 Å². The molecule has 422 valence electrons. The maximum atomic E-state index is 9.12. The van der Waals surface area contributed by atoms with E-state index in [9.17, 15) is 0 Å². The van der Waals surface area contributed by atoms with Crippen LogP contribution in [0.15, 0.2) is 171 Å². The summed E-state index contributed by atoms with van der Waals surface area (Å²) in [6.07, 6.45) is 10.2. The molecule has 19 nitrogen and oxygen atoms in total. The maximum Gasteiger partial charge on any atom is 0.155 e. The highest BCUT2D eigenvalue weighted by Crippen LogP contribution is 2.27. The molecular weight excluding hydrogens is 1060 g/mol. The van der Waals surface area contributed by atoms with E-state index in [-0.39, 0.29) is 21.7 Å². The van der Waals surface area contributed by atoms with Gasteiger partial charge in [0.15, 0.2) is 23.3 Å². The van der Waals surface area contributed by atoms with Crippen molar-refractivity contribution in [3.8, 4) is 29.3 Å². The Bertz CT molecular complexity index is 3370. The number of pyridine rings is 6. The van der Waals surface area contributed by atoms with Gasteiger partial charge in [-0.25, -0.2) is 49.8 Å². The fourth-order valence-corrected chi connectivity index (χ4v) is 7.03. The van der Waals surface area contributed by atoms with E-state index in [0.29, 0.717) is 40.0 Å². The number of nitrogens with one attached hydrogen (secondary N) is 1. The van der Waals surface area contributed by atoms with Gasteiger partial charge in [-0.15, -0.1) is 0 Å². The third kappa shape index (κ3) is 19.3. The third-order valence-electron chi connectivity index (χ3n) is 11.2. The number of anilines is 2. The molecule has 0 aliphatic heterocycles. The highest BCUT2D eigenvalue weighted by Gasteiger charge is 2.23. The molecule has 0 saturated heterocycles. The summed E-state index contributed by atoms with van der Waals surface area (Å²) in [4.78, 5) is 24.6. The predicted octanol–water partition coefficient (Wildman–Crippen LogP) is 11.9. The second kappa shape index (κ2) is 29.0. The summed E-state index contributed by atoms with van der Waals surface area (Å²) in [7, 11) is 0.